The summed E-state index contributed by atoms with van der Waals surface area (Å²) in [4.78, 5) is 28.1. The number of carbonyl (C=O) groups is 2. The number of amides is 1. The summed E-state index contributed by atoms with van der Waals surface area (Å²) in [5.74, 6) is -0.994. The number of rotatable bonds is 7. The zero-order valence-corrected chi connectivity index (χ0v) is 20.7. The quantitative estimate of drug-likeness (QED) is 0.279. The molecule has 1 fully saturated rings. The third kappa shape index (κ3) is 5.00. The number of Topliss-reactive ketones (excluding diaryl/α,β-unsaturated/α-hetero) is 1. The molecule has 35 heavy (non-hydrogen) atoms. The van der Waals surface area contributed by atoms with Crippen LogP contribution in [0.15, 0.2) is 76.5 Å². The fourth-order valence-corrected chi connectivity index (χ4v) is 5.08. The molecule has 0 spiro atoms. The van der Waals surface area contributed by atoms with Crippen LogP contribution in [-0.2, 0) is 19.6 Å². The van der Waals surface area contributed by atoms with E-state index in [4.69, 9.17) is 9.88 Å². The van der Waals surface area contributed by atoms with Gasteiger partial charge in [-0.3, -0.25) is 14.5 Å². The molecular formula is C25H24N2O6S2. The van der Waals surface area contributed by atoms with Crippen molar-refractivity contribution in [2.75, 3.05) is 11.5 Å². The average Bonchev–Trinajstić information content (AvgIpc) is 3.44. The fourth-order valence-electron chi connectivity index (χ4n) is 3.74. The minimum Gasteiger partial charge on any atom is -0.507 e. The van der Waals surface area contributed by atoms with E-state index >= 15 is 0 Å². The number of carbonyl (C=O) groups excluding carboxylic acids is 2. The number of aliphatic hydroxyl groups excluding tert-OH is 1. The predicted molar refractivity (Wildman–Crippen MR) is 134 cm³/mol. The van der Waals surface area contributed by atoms with Crippen LogP contribution >= 0.6 is 11.3 Å². The molecule has 1 saturated heterocycles. The zero-order chi connectivity index (χ0) is 25.3. The third-order valence-electron chi connectivity index (χ3n) is 5.41. The minimum atomic E-state index is -3.92. The van der Waals surface area contributed by atoms with E-state index in [2.05, 4.69) is 0 Å². The van der Waals surface area contributed by atoms with E-state index in [1.165, 1.54) is 40.5 Å². The van der Waals surface area contributed by atoms with Crippen molar-refractivity contribution in [3.8, 4) is 5.75 Å². The van der Waals surface area contributed by atoms with Crippen LogP contribution in [0.1, 0.15) is 30.3 Å². The minimum absolute atomic E-state index is 0.0520. The van der Waals surface area contributed by atoms with E-state index in [-0.39, 0.29) is 16.2 Å². The summed E-state index contributed by atoms with van der Waals surface area (Å²) in [5, 5.41) is 18.1. The summed E-state index contributed by atoms with van der Waals surface area (Å²) in [6, 6.07) is 14.7. The molecule has 3 N–H and O–H groups in total. The van der Waals surface area contributed by atoms with Crippen LogP contribution in [0.3, 0.4) is 0 Å². The van der Waals surface area contributed by atoms with Gasteiger partial charge in [-0.15, -0.1) is 11.3 Å². The van der Waals surface area contributed by atoms with Crippen LogP contribution in [-0.4, -0.2) is 31.8 Å². The number of ketones is 1. The molecule has 1 aliphatic heterocycles. The van der Waals surface area contributed by atoms with Crippen molar-refractivity contribution in [2.24, 2.45) is 11.1 Å². The molecule has 0 bridgehead atoms. The first-order chi connectivity index (χ1) is 16.6. The van der Waals surface area contributed by atoms with Gasteiger partial charge in [0.15, 0.2) is 0 Å². The van der Waals surface area contributed by atoms with Crippen molar-refractivity contribution in [1.82, 2.24) is 0 Å². The first-order valence-corrected chi connectivity index (χ1v) is 13.2. The van der Waals surface area contributed by atoms with Crippen LogP contribution in [0.4, 0.5) is 5.69 Å². The lowest BCUT2D eigenvalue weighted by Crippen LogP contribution is -2.29. The fraction of sp³-hybridized carbons (Fsp3) is 0.200. The number of anilines is 1. The Hall–Kier alpha value is -3.47. The lowest BCUT2D eigenvalue weighted by atomic mass is 9.99. The summed E-state index contributed by atoms with van der Waals surface area (Å²) in [7, 11) is -3.92. The standard InChI is InChI=1S/C25H24N2O6S2/c1-15(2)14-33-18-9-5-16(6-10-18)23(28)21-22(20-4-3-13-34-20)27(25(30)24(21)29)17-7-11-19(12-8-17)35(26,31)32/h3-13,15,22,28H,14H2,1-2H3,(H2,26,31,32)/b23-21-. The molecule has 1 atom stereocenters. The van der Waals surface area contributed by atoms with Gasteiger partial charge in [0.1, 0.15) is 17.6 Å². The van der Waals surface area contributed by atoms with Crippen molar-refractivity contribution < 1.29 is 27.9 Å². The number of hydrogen-bond acceptors (Lipinski definition) is 7. The Kier molecular flexibility index (Phi) is 6.79. The maximum absolute atomic E-state index is 13.1. The highest BCUT2D eigenvalue weighted by atomic mass is 32.2. The van der Waals surface area contributed by atoms with E-state index in [0.717, 1.165) is 0 Å². The van der Waals surface area contributed by atoms with Gasteiger partial charge < -0.3 is 9.84 Å². The predicted octanol–water partition coefficient (Wildman–Crippen LogP) is 4.06. The molecule has 0 radical (unpaired) electrons. The van der Waals surface area contributed by atoms with Crippen molar-refractivity contribution >= 4 is 44.5 Å². The number of nitrogens with two attached hydrogens (primary N) is 1. The number of nitrogens with zero attached hydrogens (tertiary/aromatic N) is 1. The van der Waals surface area contributed by atoms with E-state index in [1.54, 1.807) is 41.8 Å². The van der Waals surface area contributed by atoms with Crippen molar-refractivity contribution in [3.63, 3.8) is 0 Å². The monoisotopic (exact) mass is 512 g/mol. The number of aliphatic hydroxyl groups is 1. The molecule has 10 heteroatoms. The van der Waals surface area contributed by atoms with E-state index < -0.39 is 27.8 Å². The van der Waals surface area contributed by atoms with Gasteiger partial charge in [-0.05, 0) is 65.9 Å². The Morgan fingerprint density at radius 3 is 2.29 bits per heavy atom. The maximum atomic E-state index is 13.1. The summed E-state index contributed by atoms with van der Waals surface area (Å²) < 4.78 is 28.9. The normalized spacial score (nSPS) is 17.8. The number of primary sulfonamides is 1. The van der Waals surface area contributed by atoms with Gasteiger partial charge in [0.2, 0.25) is 10.0 Å². The molecule has 2 heterocycles. The highest BCUT2D eigenvalue weighted by Crippen LogP contribution is 2.43. The highest BCUT2D eigenvalue weighted by molar-refractivity contribution is 7.89. The molecule has 4 rings (SSSR count). The Labute approximate surface area is 207 Å². The summed E-state index contributed by atoms with van der Waals surface area (Å²) >= 11 is 1.33. The smallest absolute Gasteiger partial charge is 0.300 e. The van der Waals surface area contributed by atoms with Gasteiger partial charge in [-0.2, -0.15) is 0 Å². The lowest BCUT2D eigenvalue weighted by Gasteiger charge is -2.24. The Balaban J connectivity index is 1.77. The summed E-state index contributed by atoms with van der Waals surface area (Å²) in [6.07, 6.45) is 0. The number of benzene rings is 2. The van der Waals surface area contributed by atoms with Gasteiger partial charge >= 0.3 is 0 Å². The molecule has 8 nitrogen and oxygen atoms in total. The molecule has 0 saturated carbocycles. The van der Waals surface area contributed by atoms with Crippen molar-refractivity contribution in [1.29, 1.82) is 0 Å². The molecule has 0 aliphatic carbocycles. The highest BCUT2D eigenvalue weighted by Gasteiger charge is 2.47. The van der Waals surface area contributed by atoms with Crippen LogP contribution < -0.4 is 14.8 Å². The Morgan fingerprint density at radius 2 is 1.74 bits per heavy atom. The van der Waals surface area contributed by atoms with Gasteiger partial charge in [-0.1, -0.05) is 19.9 Å². The Bertz CT molecular complexity index is 1380. The SMILES string of the molecule is CC(C)COc1ccc(/C(O)=C2/C(=O)C(=O)N(c3ccc(S(N)(=O)=O)cc3)C2c2cccs2)cc1. The number of ether oxygens (including phenoxy) is 1. The summed E-state index contributed by atoms with van der Waals surface area (Å²) in [5.41, 5.74) is 0.615. The topological polar surface area (TPSA) is 127 Å². The van der Waals surface area contributed by atoms with Crippen LogP contribution in [0, 0.1) is 5.92 Å². The lowest BCUT2D eigenvalue weighted by molar-refractivity contribution is -0.132. The molecule has 2 aromatic carbocycles. The second-order valence-electron chi connectivity index (χ2n) is 8.45. The molecule has 1 aromatic heterocycles. The molecule has 182 valence electrons. The third-order valence-corrected chi connectivity index (χ3v) is 7.27. The molecule has 1 unspecified atom stereocenters. The van der Waals surface area contributed by atoms with Gasteiger partial charge in [-0.25, -0.2) is 13.6 Å². The first-order valence-electron chi connectivity index (χ1n) is 10.8. The molecule has 1 aliphatic rings. The average molecular weight is 513 g/mol. The van der Waals surface area contributed by atoms with Crippen LogP contribution in [0.5, 0.6) is 5.75 Å². The summed E-state index contributed by atoms with van der Waals surface area (Å²) in [6.45, 7) is 4.61. The number of sulfonamides is 1. The number of thiophene rings is 1. The molecule has 1 amide bonds. The molecule has 3 aromatic rings. The van der Waals surface area contributed by atoms with E-state index in [9.17, 15) is 23.1 Å². The van der Waals surface area contributed by atoms with Gasteiger partial charge in [0.25, 0.3) is 11.7 Å². The van der Waals surface area contributed by atoms with Crippen molar-refractivity contribution in [2.45, 2.75) is 24.8 Å². The largest absolute Gasteiger partial charge is 0.507 e. The van der Waals surface area contributed by atoms with Crippen LogP contribution in [0.2, 0.25) is 0 Å². The zero-order valence-electron chi connectivity index (χ0n) is 19.0. The first kappa shape index (κ1) is 24.6. The van der Waals surface area contributed by atoms with E-state index in [0.29, 0.717) is 34.4 Å². The second kappa shape index (κ2) is 9.65. The molecular weight excluding hydrogens is 488 g/mol. The number of hydrogen-bond donors (Lipinski definition) is 2. The van der Waals surface area contributed by atoms with E-state index in [1.807, 2.05) is 13.8 Å². The van der Waals surface area contributed by atoms with Crippen LogP contribution in [0.25, 0.3) is 5.76 Å². The van der Waals surface area contributed by atoms with Gasteiger partial charge in [0, 0.05) is 16.1 Å². The second-order valence-corrected chi connectivity index (χ2v) is 11.0. The van der Waals surface area contributed by atoms with Crippen molar-refractivity contribution in [3.05, 3.63) is 82.1 Å². The Morgan fingerprint density at radius 1 is 1.09 bits per heavy atom. The maximum Gasteiger partial charge on any atom is 0.300 e. The van der Waals surface area contributed by atoms with Gasteiger partial charge in [0.05, 0.1) is 17.1 Å².